The Morgan fingerprint density at radius 3 is 3.12 bits per heavy atom. The number of rotatable bonds is 3. The molecule has 1 aromatic rings. The number of aromatic carboxylic acids is 1. The van der Waals surface area contributed by atoms with Crippen molar-refractivity contribution in [1.82, 2.24) is 9.78 Å². The Bertz CT molecular complexity index is 382. The molecule has 6 nitrogen and oxygen atoms in total. The number of aromatic nitrogens is 2. The summed E-state index contributed by atoms with van der Waals surface area (Å²) in [6.07, 6.45) is 3.15. The molecule has 0 saturated carbocycles. The summed E-state index contributed by atoms with van der Waals surface area (Å²) in [5.74, 6) is -1.18. The maximum Gasteiger partial charge on any atom is 0.358 e. The summed E-state index contributed by atoms with van der Waals surface area (Å²) < 4.78 is 6.64. The van der Waals surface area contributed by atoms with E-state index >= 15 is 0 Å². The number of ether oxygens (including phenoxy) is 1. The summed E-state index contributed by atoms with van der Waals surface area (Å²) >= 11 is 0. The summed E-state index contributed by atoms with van der Waals surface area (Å²) in [5, 5.41) is 22.1. The predicted octanol–water partition coefficient (Wildman–Crippen LogP) is 0.713. The van der Waals surface area contributed by atoms with E-state index in [0.29, 0.717) is 13.2 Å². The molecule has 1 aliphatic rings. The standard InChI is InChI=1S/C10H14N2O4/c13-8-4-11-12(9(8)10(14)15)5-7-2-1-3-16-6-7/h4,7,13H,1-3,5-6H2,(H,14,15). The van der Waals surface area contributed by atoms with Gasteiger partial charge >= 0.3 is 5.97 Å². The smallest absolute Gasteiger partial charge is 0.358 e. The third-order valence-electron chi connectivity index (χ3n) is 2.71. The van der Waals surface area contributed by atoms with E-state index in [1.165, 1.54) is 4.68 Å². The van der Waals surface area contributed by atoms with E-state index in [4.69, 9.17) is 9.84 Å². The van der Waals surface area contributed by atoms with Crippen molar-refractivity contribution < 1.29 is 19.7 Å². The van der Waals surface area contributed by atoms with Gasteiger partial charge in [0.25, 0.3) is 0 Å². The van der Waals surface area contributed by atoms with Gasteiger partial charge in [0.2, 0.25) is 0 Å². The van der Waals surface area contributed by atoms with E-state index < -0.39 is 5.97 Å². The molecular weight excluding hydrogens is 212 g/mol. The van der Waals surface area contributed by atoms with Crippen molar-refractivity contribution in [3.8, 4) is 5.75 Å². The molecule has 1 aliphatic heterocycles. The van der Waals surface area contributed by atoms with Gasteiger partial charge in [0, 0.05) is 19.1 Å². The second kappa shape index (κ2) is 4.52. The Morgan fingerprint density at radius 2 is 2.50 bits per heavy atom. The average Bonchev–Trinajstić information content (AvgIpc) is 2.61. The van der Waals surface area contributed by atoms with Crippen LogP contribution in [0, 0.1) is 5.92 Å². The van der Waals surface area contributed by atoms with Gasteiger partial charge in [0.1, 0.15) is 0 Å². The number of carbonyl (C=O) groups is 1. The Balaban J connectivity index is 2.11. The van der Waals surface area contributed by atoms with Gasteiger partial charge in [0.15, 0.2) is 11.4 Å². The molecule has 0 radical (unpaired) electrons. The molecule has 1 unspecified atom stereocenters. The van der Waals surface area contributed by atoms with Gasteiger partial charge in [-0.2, -0.15) is 5.10 Å². The molecule has 6 heteroatoms. The fourth-order valence-electron chi connectivity index (χ4n) is 1.93. The Morgan fingerprint density at radius 1 is 1.69 bits per heavy atom. The van der Waals surface area contributed by atoms with Gasteiger partial charge in [-0.25, -0.2) is 4.79 Å². The normalized spacial score (nSPS) is 20.9. The van der Waals surface area contributed by atoms with Crippen molar-refractivity contribution in [3.63, 3.8) is 0 Å². The van der Waals surface area contributed by atoms with Gasteiger partial charge < -0.3 is 14.9 Å². The zero-order valence-corrected chi connectivity index (χ0v) is 8.80. The Kier molecular flexibility index (Phi) is 3.09. The van der Waals surface area contributed by atoms with Crippen molar-refractivity contribution in [2.24, 2.45) is 5.92 Å². The lowest BCUT2D eigenvalue weighted by atomic mass is 10.0. The molecule has 1 atom stereocenters. The summed E-state index contributed by atoms with van der Waals surface area (Å²) in [6, 6.07) is 0. The van der Waals surface area contributed by atoms with Crippen molar-refractivity contribution in [2.45, 2.75) is 19.4 Å². The number of carboxylic acid groups (broad SMARTS) is 1. The molecule has 0 aliphatic carbocycles. The van der Waals surface area contributed by atoms with Crippen molar-refractivity contribution in [2.75, 3.05) is 13.2 Å². The highest BCUT2D eigenvalue weighted by molar-refractivity contribution is 5.88. The van der Waals surface area contributed by atoms with Crippen LogP contribution in [0.5, 0.6) is 5.75 Å². The summed E-state index contributed by atoms with van der Waals surface area (Å²) in [4.78, 5) is 10.9. The molecule has 2 heterocycles. The van der Waals surface area contributed by atoms with Crippen molar-refractivity contribution >= 4 is 5.97 Å². The van der Waals surface area contributed by atoms with E-state index in [1.54, 1.807) is 0 Å². The van der Waals surface area contributed by atoms with E-state index in [0.717, 1.165) is 25.6 Å². The number of nitrogens with zero attached hydrogens (tertiary/aromatic N) is 2. The van der Waals surface area contributed by atoms with Crippen LogP contribution in [-0.2, 0) is 11.3 Å². The van der Waals surface area contributed by atoms with E-state index in [2.05, 4.69) is 5.10 Å². The van der Waals surface area contributed by atoms with Crippen LogP contribution >= 0.6 is 0 Å². The molecule has 1 aromatic heterocycles. The lowest BCUT2D eigenvalue weighted by Gasteiger charge is -2.22. The van der Waals surface area contributed by atoms with Crippen molar-refractivity contribution in [1.29, 1.82) is 0 Å². The third kappa shape index (κ3) is 2.16. The van der Waals surface area contributed by atoms with E-state index in [1.807, 2.05) is 0 Å². The van der Waals surface area contributed by atoms with Crippen LogP contribution in [0.4, 0.5) is 0 Å². The average molecular weight is 226 g/mol. The van der Waals surface area contributed by atoms with Gasteiger partial charge in [-0.3, -0.25) is 4.68 Å². The molecule has 0 amide bonds. The molecule has 2 rings (SSSR count). The highest BCUT2D eigenvalue weighted by Crippen LogP contribution is 2.20. The number of hydrogen-bond donors (Lipinski definition) is 2. The largest absolute Gasteiger partial charge is 0.504 e. The van der Waals surface area contributed by atoms with Gasteiger partial charge in [0.05, 0.1) is 12.8 Å². The van der Waals surface area contributed by atoms with Crippen LogP contribution in [-0.4, -0.2) is 39.2 Å². The topological polar surface area (TPSA) is 84.6 Å². The van der Waals surface area contributed by atoms with Gasteiger partial charge in [-0.15, -0.1) is 0 Å². The van der Waals surface area contributed by atoms with Crippen LogP contribution in [0.2, 0.25) is 0 Å². The third-order valence-corrected chi connectivity index (χ3v) is 2.71. The minimum absolute atomic E-state index is 0.148. The maximum absolute atomic E-state index is 10.9. The molecule has 0 aromatic carbocycles. The van der Waals surface area contributed by atoms with Crippen LogP contribution in [0.15, 0.2) is 6.20 Å². The van der Waals surface area contributed by atoms with Gasteiger partial charge in [-0.05, 0) is 12.8 Å². The first-order valence-corrected chi connectivity index (χ1v) is 5.24. The highest BCUT2D eigenvalue weighted by atomic mass is 16.5. The SMILES string of the molecule is O=C(O)c1c(O)cnn1CC1CCCOC1. The highest BCUT2D eigenvalue weighted by Gasteiger charge is 2.21. The van der Waals surface area contributed by atoms with E-state index in [-0.39, 0.29) is 17.4 Å². The Hall–Kier alpha value is -1.56. The monoisotopic (exact) mass is 226 g/mol. The predicted molar refractivity (Wildman–Crippen MR) is 54.4 cm³/mol. The summed E-state index contributed by atoms with van der Waals surface area (Å²) in [6.45, 7) is 1.87. The fraction of sp³-hybridized carbons (Fsp3) is 0.600. The molecule has 1 saturated heterocycles. The zero-order valence-electron chi connectivity index (χ0n) is 8.80. The van der Waals surface area contributed by atoms with Crippen LogP contribution < -0.4 is 0 Å². The maximum atomic E-state index is 10.9. The lowest BCUT2D eigenvalue weighted by Crippen LogP contribution is -2.24. The number of carboxylic acids is 1. The Labute approximate surface area is 92.5 Å². The zero-order chi connectivity index (χ0) is 11.5. The second-order valence-corrected chi connectivity index (χ2v) is 3.95. The van der Waals surface area contributed by atoms with Crippen molar-refractivity contribution in [3.05, 3.63) is 11.9 Å². The molecule has 0 bridgehead atoms. The quantitative estimate of drug-likeness (QED) is 0.793. The first-order chi connectivity index (χ1) is 7.68. The summed E-state index contributed by atoms with van der Waals surface area (Å²) in [7, 11) is 0. The first kappa shape index (κ1) is 10.9. The molecule has 16 heavy (non-hydrogen) atoms. The summed E-state index contributed by atoms with van der Waals surface area (Å²) in [5.41, 5.74) is -0.148. The molecule has 0 spiro atoms. The van der Waals surface area contributed by atoms with Crippen LogP contribution in [0.25, 0.3) is 0 Å². The second-order valence-electron chi connectivity index (χ2n) is 3.95. The first-order valence-electron chi connectivity index (χ1n) is 5.24. The fourth-order valence-corrected chi connectivity index (χ4v) is 1.93. The van der Waals surface area contributed by atoms with Crippen LogP contribution in [0.1, 0.15) is 23.3 Å². The minimum atomic E-state index is -1.16. The lowest BCUT2D eigenvalue weighted by molar-refractivity contribution is 0.0454. The number of hydrogen-bond acceptors (Lipinski definition) is 4. The number of aromatic hydroxyl groups is 1. The van der Waals surface area contributed by atoms with Crippen LogP contribution in [0.3, 0.4) is 0 Å². The molecule has 2 N–H and O–H groups in total. The molecular formula is C10H14N2O4. The van der Waals surface area contributed by atoms with E-state index in [9.17, 15) is 9.90 Å². The minimum Gasteiger partial charge on any atom is -0.504 e. The molecule has 1 fully saturated rings. The molecule has 88 valence electrons. The van der Waals surface area contributed by atoms with Gasteiger partial charge in [-0.1, -0.05) is 0 Å².